The lowest BCUT2D eigenvalue weighted by Gasteiger charge is -2.21. The molecule has 0 spiro atoms. The first-order valence-corrected chi connectivity index (χ1v) is 15.5. The fourth-order valence-electron chi connectivity index (χ4n) is 4.06. The van der Waals surface area contributed by atoms with Gasteiger partial charge in [0, 0.05) is 20.6 Å². The molecule has 0 aliphatic carbocycles. The molecule has 1 fully saturated rings. The largest absolute Gasteiger partial charge is 0.464 e. The number of rotatable bonds is 11. The van der Waals surface area contributed by atoms with Gasteiger partial charge in [-0.2, -0.15) is 5.10 Å². The third-order valence-corrected chi connectivity index (χ3v) is 7.81. The van der Waals surface area contributed by atoms with Crippen molar-refractivity contribution in [3.05, 3.63) is 53.3 Å². The molecule has 4 atom stereocenters. The van der Waals surface area contributed by atoms with Crippen LogP contribution in [0.5, 0.6) is 0 Å². The maximum absolute atomic E-state index is 12.4. The van der Waals surface area contributed by atoms with E-state index in [-0.39, 0.29) is 31.0 Å². The Hall–Kier alpha value is -2.00. The van der Waals surface area contributed by atoms with Gasteiger partial charge in [-0.15, -0.1) is 0 Å². The number of ether oxygens (including phenoxy) is 4. The molecule has 0 amide bonds. The summed E-state index contributed by atoms with van der Waals surface area (Å²) in [6.45, 7) is 12.5. The van der Waals surface area contributed by atoms with Gasteiger partial charge in [-0.3, -0.25) is 0 Å². The van der Waals surface area contributed by atoms with Crippen molar-refractivity contribution in [2.24, 2.45) is 5.92 Å². The molecule has 1 saturated heterocycles. The van der Waals surface area contributed by atoms with E-state index < -0.39 is 14.0 Å². The normalized spacial score (nSPS) is 23.1. The fourth-order valence-corrected chi connectivity index (χ4v) is 4.82. The summed E-state index contributed by atoms with van der Waals surface area (Å²) >= 11 is 0. The number of esters is 1. The van der Waals surface area contributed by atoms with Crippen LogP contribution in [0.4, 0.5) is 0 Å². The van der Waals surface area contributed by atoms with Gasteiger partial charge in [0.05, 0.1) is 31.6 Å². The van der Waals surface area contributed by atoms with Crippen LogP contribution in [0.15, 0.2) is 36.4 Å². The topological polar surface area (TPSA) is 71.8 Å². The lowest BCUT2D eigenvalue weighted by molar-refractivity contribution is -0.0361. The van der Waals surface area contributed by atoms with Crippen LogP contribution in [-0.2, 0) is 32.3 Å². The van der Waals surface area contributed by atoms with Crippen molar-refractivity contribution in [3.8, 4) is 0 Å². The zero-order valence-electron chi connectivity index (χ0n) is 20.7. The predicted octanol–water partition coefficient (Wildman–Crippen LogP) is 5.05. The first-order chi connectivity index (χ1) is 15.7. The first kappa shape index (κ1) is 25.6. The minimum atomic E-state index is -1.20. The van der Waals surface area contributed by atoms with Gasteiger partial charge < -0.3 is 18.9 Å². The molecule has 0 saturated carbocycles. The standard InChI is InChI=1S/C25H38N2O5Si/c1-7-22-18(2)23(31-16-19-11-9-8-10-12-19)24(32-22)20-15-21(25(28)29-3)27(26-20)17-30-13-14-33(4,5)6/h8-12,15,18,22-24H,7,13-14,16-17H2,1-6H3/t18-,22-,23-,24+/m1/s1. The molecule has 1 aromatic carbocycles. The van der Waals surface area contributed by atoms with Crippen LogP contribution >= 0.6 is 0 Å². The highest BCUT2D eigenvalue weighted by molar-refractivity contribution is 6.76. The first-order valence-electron chi connectivity index (χ1n) is 11.8. The summed E-state index contributed by atoms with van der Waals surface area (Å²) in [7, 11) is 0.171. The molecule has 0 bridgehead atoms. The Bertz CT molecular complexity index is 896. The number of carbonyl (C=O) groups excluding carboxylic acids is 1. The van der Waals surface area contributed by atoms with Crippen molar-refractivity contribution in [1.82, 2.24) is 9.78 Å². The molecule has 1 aromatic heterocycles. The van der Waals surface area contributed by atoms with Gasteiger partial charge >= 0.3 is 5.97 Å². The number of nitrogens with zero attached hydrogens (tertiary/aromatic N) is 2. The third kappa shape index (κ3) is 6.76. The molecule has 0 N–H and O–H groups in total. The molecule has 7 nitrogen and oxygen atoms in total. The molecule has 0 radical (unpaired) electrons. The third-order valence-electron chi connectivity index (χ3n) is 6.11. The number of hydrogen-bond acceptors (Lipinski definition) is 6. The smallest absolute Gasteiger partial charge is 0.356 e. The predicted molar refractivity (Wildman–Crippen MR) is 130 cm³/mol. The Labute approximate surface area is 198 Å². The maximum Gasteiger partial charge on any atom is 0.356 e. The van der Waals surface area contributed by atoms with Gasteiger partial charge in [0.1, 0.15) is 18.5 Å². The number of hydrogen-bond donors (Lipinski definition) is 0. The average Bonchev–Trinajstić information content (AvgIpc) is 3.35. The average molecular weight is 475 g/mol. The van der Waals surface area contributed by atoms with Crippen LogP contribution in [0.1, 0.15) is 48.1 Å². The molecular formula is C25H38N2O5Si. The molecule has 0 unspecified atom stereocenters. The second-order valence-corrected chi connectivity index (χ2v) is 15.5. The number of benzene rings is 1. The summed E-state index contributed by atoms with van der Waals surface area (Å²) in [4.78, 5) is 12.4. The summed E-state index contributed by atoms with van der Waals surface area (Å²) in [5.41, 5.74) is 2.14. The van der Waals surface area contributed by atoms with Crippen molar-refractivity contribution in [1.29, 1.82) is 0 Å². The highest BCUT2D eigenvalue weighted by atomic mass is 28.3. The number of aromatic nitrogens is 2. The number of carbonyl (C=O) groups is 1. The molecule has 33 heavy (non-hydrogen) atoms. The Balaban J connectivity index is 1.78. The van der Waals surface area contributed by atoms with E-state index in [2.05, 4.69) is 45.6 Å². The Morgan fingerprint density at radius 2 is 1.94 bits per heavy atom. The van der Waals surface area contributed by atoms with Gasteiger partial charge in [-0.1, -0.05) is 63.8 Å². The zero-order valence-corrected chi connectivity index (χ0v) is 21.7. The van der Waals surface area contributed by atoms with E-state index in [1.807, 2.05) is 18.2 Å². The van der Waals surface area contributed by atoms with Crippen molar-refractivity contribution >= 4 is 14.0 Å². The molecule has 3 rings (SSSR count). The van der Waals surface area contributed by atoms with Crippen LogP contribution in [0.2, 0.25) is 25.7 Å². The van der Waals surface area contributed by atoms with Gasteiger partial charge in [0.25, 0.3) is 0 Å². The molecule has 1 aliphatic heterocycles. The molecule has 8 heteroatoms. The van der Waals surface area contributed by atoms with Crippen LogP contribution in [0.3, 0.4) is 0 Å². The van der Waals surface area contributed by atoms with Gasteiger partial charge in [0.15, 0.2) is 0 Å². The van der Waals surface area contributed by atoms with Crippen LogP contribution in [0, 0.1) is 5.92 Å². The zero-order chi connectivity index (χ0) is 24.0. The molecule has 2 heterocycles. The van der Waals surface area contributed by atoms with E-state index in [9.17, 15) is 4.79 Å². The monoisotopic (exact) mass is 474 g/mol. The van der Waals surface area contributed by atoms with E-state index in [1.165, 1.54) is 7.11 Å². The van der Waals surface area contributed by atoms with Crippen molar-refractivity contribution in [2.75, 3.05) is 13.7 Å². The van der Waals surface area contributed by atoms with E-state index in [0.29, 0.717) is 24.6 Å². The Kier molecular flexibility index (Phi) is 8.86. The van der Waals surface area contributed by atoms with Crippen molar-refractivity contribution in [3.63, 3.8) is 0 Å². The van der Waals surface area contributed by atoms with Crippen molar-refractivity contribution < 1.29 is 23.7 Å². The van der Waals surface area contributed by atoms with Gasteiger partial charge in [-0.05, 0) is 24.1 Å². The van der Waals surface area contributed by atoms with E-state index in [0.717, 1.165) is 18.0 Å². The summed E-state index contributed by atoms with van der Waals surface area (Å²) < 4.78 is 25.2. The summed E-state index contributed by atoms with van der Waals surface area (Å²) in [6, 6.07) is 12.9. The Morgan fingerprint density at radius 1 is 1.21 bits per heavy atom. The highest BCUT2D eigenvalue weighted by Crippen LogP contribution is 2.40. The number of methoxy groups -OCH3 is 1. The van der Waals surface area contributed by atoms with E-state index in [1.54, 1.807) is 10.7 Å². The molecule has 2 aromatic rings. The fraction of sp³-hybridized carbons (Fsp3) is 0.600. The van der Waals surface area contributed by atoms with Crippen molar-refractivity contribution in [2.45, 2.75) is 77.6 Å². The second-order valence-electron chi connectivity index (χ2n) is 9.92. The molecule has 182 valence electrons. The van der Waals surface area contributed by atoms with Crippen LogP contribution in [-0.4, -0.2) is 49.7 Å². The van der Waals surface area contributed by atoms with E-state index in [4.69, 9.17) is 24.0 Å². The maximum atomic E-state index is 12.4. The Morgan fingerprint density at radius 3 is 2.58 bits per heavy atom. The van der Waals surface area contributed by atoms with E-state index >= 15 is 0 Å². The second kappa shape index (κ2) is 11.4. The quantitative estimate of drug-likeness (QED) is 0.258. The minimum Gasteiger partial charge on any atom is -0.464 e. The lowest BCUT2D eigenvalue weighted by Crippen LogP contribution is -2.25. The SMILES string of the molecule is CC[C@H]1O[C@@H](c2cc(C(=O)OC)n(COCC[Si](C)(C)C)n2)[C@H](OCc2ccccc2)[C@@H]1C. The summed E-state index contributed by atoms with van der Waals surface area (Å²) in [5.74, 6) is -0.245. The minimum absolute atomic E-state index is 0.0653. The van der Waals surface area contributed by atoms with Crippen LogP contribution in [0.25, 0.3) is 0 Å². The highest BCUT2D eigenvalue weighted by Gasteiger charge is 2.44. The van der Waals surface area contributed by atoms with Gasteiger partial charge in [0.2, 0.25) is 0 Å². The summed E-state index contributed by atoms with van der Waals surface area (Å²) in [5, 5.41) is 4.70. The lowest BCUT2D eigenvalue weighted by atomic mass is 9.95. The molecule has 1 aliphatic rings. The van der Waals surface area contributed by atoms with Crippen LogP contribution < -0.4 is 0 Å². The molecular weight excluding hydrogens is 436 g/mol. The summed E-state index contributed by atoms with van der Waals surface area (Å²) in [6.07, 6.45) is 0.417. The van der Waals surface area contributed by atoms with Gasteiger partial charge in [-0.25, -0.2) is 9.48 Å².